The van der Waals surface area contributed by atoms with Crippen molar-refractivity contribution in [3.05, 3.63) is 32.8 Å². The molecule has 19 heavy (non-hydrogen) atoms. The standard InChI is InChI=1S/C12H15ClN2O4/c1-8-4-9(15(17)18)5-10(13)11(8)14-6-12(16)2-3-19-7-12/h4-5,14,16H,2-3,6-7H2,1H3/t12-/m1/s1. The average molecular weight is 287 g/mol. The molecular weight excluding hydrogens is 272 g/mol. The summed E-state index contributed by atoms with van der Waals surface area (Å²) in [6, 6.07) is 2.75. The fourth-order valence-corrected chi connectivity index (χ4v) is 2.37. The van der Waals surface area contributed by atoms with Crippen LogP contribution in [0, 0.1) is 17.0 Å². The second-order valence-electron chi connectivity index (χ2n) is 4.76. The summed E-state index contributed by atoms with van der Waals surface area (Å²) in [5, 5.41) is 24.2. The summed E-state index contributed by atoms with van der Waals surface area (Å²) >= 11 is 6.03. The van der Waals surface area contributed by atoms with Gasteiger partial charge in [0.05, 0.1) is 22.2 Å². The second kappa shape index (κ2) is 5.32. The van der Waals surface area contributed by atoms with Gasteiger partial charge in [0.25, 0.3) is 5.69 Å². The molecule has 1 saturated heterocycles. The molecule has 0 aliphatic carbocycles. The molecule has 104 valence electrons. The third-order valence-electron chi connectivity index (χ3n) is 3.16. The Labute approximate surface area is 115 Å². The summed E-state index contributed by atoms with van der Waals surface area (Å²) in [7, 11) is 0. The van der Waals surface area contributed by atoms with Crippen LogP contribution < -0.4 is 5.32 Å². The maximum atomic E-state index is 10.7. The first kappa shape index (κ1) is 14.0. The van der Waals surface area contributed by atoms with Crippen molar-refractivity contribution in [2.24, 2.45) is 0 Å². The highest BCUT2D eigenvalue weighted by Crippen LogP contribution is 2.31. The van der Waals surface area contributed by atoms with Gasteiger partial charge in [0.15, 0.2) is 0 Å². The quantitative estimate of drug-likeness (QED) is 0.654. The van der Waals surface area contributed by atoms with E-state index < -0.39 is 10.5 Å². The summed E-state index contributed by atoms with van der Waals surface area (Å²) in [4.78, 5) is 10.2. The number of halogens is 1. The molecule has 1 aromatic rings. The van der Waals surface area contributed by atoms with Gasteiger partial charge in [-0.1, -0.05) is 11.6 Å². The van der Waals surface area contributed by atoms with E-state index in [1.165, 1.54) is 12.1 Å². The molecule has 0 spiro atoms. The van der Waals surface area contributed by atoms with Crippen molar-refractivity contribution in [3.63, 3.8) is 0 Å². The Kier molecular flexibility index (Phi) is 3.93. The summed E-state index contributed by atoms with van der Waals surface area (Å²) < 4.78 is 5.15. The van der Waals surface area contributed by atoms with E-state index in [0.717, 1.165) is 0 Å². The molecule has 2 N–H and O–H groups in total. The zero-order chi connectivity index (χ0) is 14.0. The third-order valence-corrected chi connectivity index (χ3v) is 3.46. The van der Waals surface area contributed by atoms with Gasteiger partial charge in [0.2, 0.25) is 0 Å². The minimum absolute atomic E-state index is 0.0454. The van der Waals surface area contributed by atoms with E-state index in [1.54, 1.807) is 6.92 Å². The number of hydrogen-bond acceptors (Lipinski definition) is 5. The number of benzene rings is 1. The summed E-state index contributed by atoms with van der Waals surface area (Å²) in [5.41, 5.74) is 0.322. The zero-order valence-electron chi connectivity index (χ0n) is 10.5. The van der Waals surface area contributed by atoms with E-state index in [1.807, 2.05) is 0 Å². The van der Waals surface area contributed by atoms with Gasteiger partial charge in [0.1, 0.15) is 5.60 Å². The Morgan fingerprint density at radius 3 is 2.89 bits per heavy atom. The van der Waals surface area contributed by atoms with E-state index in [0.29, 0.717) is 30.8 Å². The molecule has 0 amide bonds. The number of hydrogen-bond donors (Lipinski definition) is 2. The smallest absolute Gasteiger partial charge is 0.271 e. The fourth-order valence-electron chi connectivity index (χ4n) is 2.04. The number of nitro benzene ring substituents is 1. The van der Waals surface area contributed by atoms with Crippen molar-refractivity contribution >= 4 is 23.0 Å². The Balaban J connectivity index is 2.14. The molecular formula is C12H15ClN2O4. The van der Waals surface area contributed by atoms with Crippen LogP contribution in [0.4, 0.5) is 11.4 Å². The van der Waals surface area contributed by atoms with Crippen LogP contribution in [0.15, 0.2) is 12.1 Å². The van der Waals surface area contributed by atoms with Crippen LogP contribution in [0.2, 0.25) is 5.02 Å². The average Bonchev–Trinajstić information content (AvgIpc) is 2.75. The first-order chi connectivity index (χ1) is 8.91. The molecule has 1 atom stereocenters. The van der Waals surface area contributed by atoms with Gasteiger partial charge in [-0.2, -0.15) is 0 Å². The van der Waals surface area contributed by atoms with Crippen LogP contribution in [0.3, 0.4) is 0 Å². The van der Waals surface area contributed by atoms with E-state index >= 15 is 0 Å². The Hall–Kier alpha value is -1.37. The number of nitrogens with zero attached hydrogens (tertiary/aromatic N) is 1. The predicted molar refractivity (Wildman–Crippen MR) is 71.7 cm³/mol. The molecule has 1 aliphatic heterocycles. The predicted octanol–water partition coefficient (Wildman–Crippen LogP) is 2.12. The topological polar surface area (TPSA) is 84.6 Å². The molecule has 0 unspecified atom stereocenters. The van der Waals surface area contributed by atoms with Gasteiger partial charge >= 0.3 is 0 Å². The SMILES string of the molecule is Cc1cc([N+](=O)[O-])cc(Cl)c1NC[C@]1(O)CCOC1. The summed E-state index contributed by atoms with van der Waals surface area (Å²) in [6.45, 7) is 2.84. The molecule has 0 aromatic heterocycles. The molecule has 1 heterocycles. The first-order valence-corrected chi connectivity index (χ1v) is 6.28. The monoisotopic (exact) mass is 286 g/mol. The minimum Gasteiger partial charge on any atom is -0.386 e. The van der Waals surface area contributed by atoms with Gasteiger partial charge in [-0.15, -0.1) is 0 Å². The number of non-ortho nitro benzene ring substituents is 1. The van der Waals surface area contributed by atoms with Crippen LogP contribution >= 0.6 is 11.6 Å². The Morgan fingerprint density at radius 1 is 1.63 bits per heavy atom. The van der Waals surface area contributed by atoms with Crippen molar-refractivity contribution in [1.82, 2.24) is 0 Å². The fraction of sp³-hybridized carbons (Fsp3) is 0.500. The molecule has 1 aliphatic rings. The van der Waals surface area contributed by atoms with Gasteiger partial charge in [-0.05, 0) is 12.5 Å². The molecule has 0 radical (unpaired) electrons. The lowest BCUT2D eigenvalue weighted by atomic mass is 10.0. The van der Waals surface area contributed by atoms with Gasteiger partial charge in [-0.25, -0.2) is 0 Å². The molecule has 0 saturated carbocycles. The molecule has 7 heteroatoms. The van der Waals surface area contributed by atoms with E-state index in [-0.39, 0.29) is 17.3 Å². The lowest BCUT2D eigenvalue weighted by molar-refractivity contribution is -0.384. The lowest BCUT2D eigenvalue weighted by Gasteiger charge is -2.22. The zero-order valence-corrected chi connectivity index (χ0v) is 11.2. The number of anilines is 1. The number of ether oxygens (including phenoxy) is 1. The molecule has 6 nitrogen and oxygen atoms in total. The number of aryl methyl sites for hydroxylation is 1. The Morgan fingerprint density at radius 2 is 2.37 bits per heavy atom. The summed E-state index contributed by atoms with van der Waals surface area (Å²) in [5.74, 6) is 0. The van der Waals surface area contributed by atoms with E-state index in [9.17, 15) is 15.2 Å². The van der Waals surface area contributed by atoms with Crippen molar-refractivity contribution in [1.29, 1.82) is 0 Å². The van der Waals surface area contributed by atoms with E-state index in [2.05, 4.69) is 5.32 Å². The highest BCUT2D eigenvalue weighted by Gasteiger charge is 2.32. The Bertz CT molecular complexity index is 477. The van der Waals surface area contributed by atoms with Gasteiger partial charge in [-0.3, -0.25) is 10.1 Å². The molecule has 0 bridgehead atoms. The summed E-state index contributed by atoms with van der Waals surface area (Å²) in [6.07, 6.45) is 0.559. The third kappa shape index (κ3) is 3.15. The first-order valence-electron chi connectivity index (χ1n) is 5.90. The molecule has 1 aromatic carbocycles. The van der Waals surface area contributed by atoms with Crippen LogP contribution in [0.5, 0.6) is 0 Å². The lowest BCUT2D eigenvalue weighted by Crippen LogP contribution is -2.37. The minimum atomic E-state index is -0.905. The maximum absolute atomic E-state index is 10.7. The van der Waals surface area contributed by atoms with Gasteiger partial charge in [0, 0.05) is 31.7 Å². The number of aliphatic hydroxyl groups is 1. The van der Waals surface area contributed by atoms with Crippen molar-refractivity contribution in [2.75, 3.05) is 25.1 Å². The van der Waals surface area contributed by atoms with Crippen molar-refractivity contribution in [2.45, 2.75) is 18.9 Å². The van der Waals surface area contributed by atoms with Crippen molar-refractivity contribution in [3.8, 4) is 0 Å². The number of rotatable bonds is 4. The van der Waals surface area contributed by atoms with Gasteiger partial charge < -0.3 is 15.2 Å². The van der Waals surface area contributed by atoms with Crippen LogP contribution in [-0.2, 0) is 4.74 Å². The van der Waals surface area contributed by atoms with E-state index in [4.69, 9.17) is 16.3 Å². The van der Waals surface area contributed by atoms with Crippen LogP contribution in [0.25, 0.3) is 0 Å². The van der Waals surface area contributed by atoms with Crippen LogP contribution in [0.1, 0.15) is 12.0 Å². The van der Waals surface area contributed by atoms with Crippen LogP contribution in [-0.4, -0.2) is 35.4 Å². The second-order valence-corrected chi connectivity index (χ2v) is 5.16. The number of nitrogens with one attached hydrogen (secondary N) is 1. The molecule has 1 fully saturated rings. The largest absolute Gasteiger partial charge is 0.386 e. The molecule has 2 rings (SSSR count). The highest BCUT2D eigenvalue weighted by molar-refractivity contribution is 6.33. The van der Waals surface area contributed by atoms with Crippen molar-refractivity contribution < 1.29 is 14.8 Å². The highest BCUT2D eigenvalue weighted by atomic mass is 35.5. The normalized spacial score (nSPS) is 22.5. The maximum Gasteiger partial charge on any atom is 0.271 e. The number of nitro groups is 1.